The molecule has 1 N–H and O–H groups in total. The lowest BCUT2D eigenvalue weighted by Gasteiger charge is -1.94. The maximum absolute atomic E-state index is 11.0. The van der Waals surface area contributed by atoms with E-state index >= 15 is 0 Å². The molecule has 0 fully saturated rings. The molecule has 76 valence electrons. The Labute approximate surface area is 83.6 Å². The van der Waals surface area contributed by atoms with E-state index in [9.17, 15) is 4.79 Å². The minimum atomic E-state index is -0.104. The molecule has 1 amide bonds. The Balaban J connectivity index is 2.97. The van der Waals surface area contributed by atoms with E-state index in [1.54, 1.807) is 17.8 Å². The Morgan fingerprint density at radius 2 is 2.14 bits per heavy atom. The monoisotopic (exact) mass is 193 g/mol. The highest BCUT2D eigenvalue weighted by atomic mass is 16.1. The number of rotatable bonds is 2. The summed E-state index contributed by atoms with van der Waals surface area (Å²) < 4.78 is 1.80. The molecule has 1 heterocycles. The Morgan fingerprint density at radius 3 is 2.57 bits per heavy atom. The van der Waals surface area contributed by atoms with Gasteiger partial charge in [0.1, 0.15) is 0 Å². The first-order valence-electron chi connectivity index (χ1n) is 4.46. The fourth-order valence-electron chi connectivity index (χ4n) is 1.27. The molecule has 0 saturated carbocycles. The van der Waals surface area contributed by atoms with Gasteiger partial charge in [-0.25, -0.2) is 0 Å². The molecule has 0 bridgehead atoms. The molecule has 0 unspecified atom stereocenters. The first-order chi connectivity index (χ1) is 6.56. The largest absolute Gasteiger partial charge is 0.356 e. The molecular formula is C10H15N3O. The Kier molecular flexibility index (Phi) is 3.06. The van der Waals surface area contributed by atoms with E-state index in [1.807, 2.05) is 20.9 Å². The summed E-state index contributed by atoms with van der Waals surface area (Å²) in [4.78, 5) is 11.0. The summed E-state index contributed by atoms with van der Waals surface area (Å²) >= 11 is 0. The summed E-state index contributed by atoms with van der Waals surface area (Å²) in [6.07, 6.45) is 3.30. The van der Waals surface area contributed by atoms with Gasteiger partial charge in [-0.15, -0.1) is 0 Å². The standard InChI is InChI=1S/C10H15N3O/c1-7-9(5-6-10(14)11-3)8(2)13(4)12-7/h5-6H,1-4H3,(H,11,14). The lowest BCUT2D eigenvalue weighted by molar-refractivity contribution is -0.115. The van der Waals surface area contributed by atoms with Gasteiger partial charge in [0, 0.05) is 31.4 Å². The van der Waals surface area contributed by atoms with Crippen LogP contribution in [-0.4, -0.2) is 22.7 Å². The fourth-order valence-corrected chi connectivity index (χ4v) is 1.27. The number of carbonyl (C=O) groups excluding carboxylic acids is 1. The Hall–Kier alpha value is -1.58. The molecule has 4 nitrogen and oxygen atoms in total. The highest BCUT2D eigenvalue weighted by molar-refractivity contribution is 5.91. The third kappa shape index (κ3) is 2.02. The summed E-state index contributed by atoms with van der Waals surface area (Å²) in [5, 5.41) is 6.78. The van der Waals surface area contributed by atoms with Gasteiger partial charge in [-0.1, -0.05) is 0 Å². The van der Waals surface area contributed by atoms with E-state index < -0.39 is 0 Å². The van der Waals surface area contributed by atoms with E-state index in [-0.39, 0.29) is 5.91 Å². The molecule has 0 aromatic carbocycles. The molecule has 1 aromatic rings. The van der Waals surface area contributed by atoms with Crippen molar-refractivity contribution in [2.75, 3.05) is 7.05 Å². The second-order valence-electron chi connectivity index (χ2n) is 3.16. The van der Waals surface area contributed by atoms with Gasteiger partial charge in [0.25, 0.3) is 0 Å². The first kappa shape index (κ1) is 10.5. The predicted octanol–water partition coefficient (Wildman–Crippen LogP) is 0.796. The second-order valence-corrected chi connectivity index (χ2v) is 3.16. The van der Waals surface area contributed by atoms with Gasteiger partial charge in [-0.3, -0.25) is 9.48 Å². The minimum absolute atomic E-state index is 0.104. The molecule has 0 aliphatic rings. The number of likely N-dealkylation sites (N-methyl/N-ethyl adjacent to an activating group) is 1. The lowest BCUT2D eigenvalue weighted by atomic mass is 10.2. The van der Waals surface area contributed by atoms with Crippen LogP contribution in [0.4, 0.5) is 0 Å². The van der Waals surface area contributed by atoms with Crippen LogP contribution in [-0.2, 0) is 11.8 Å². The molecule has 0 saturated heterocycles. The van der Waals surface area contributed by atoms with Crippen LogP contribution in [0.5, 0.6) is 0 Å². The van der Waals surface area contributed by atoms with E-state index in [2.05, 4.69) is 10.4 Å². The van der Waals surface area contributed by atoms with Crippen molar-refractivity contribution in [2.45, 2.75) is 13.8 Å². The molecule has 0 radical (unpaired) electrons. The number of aromatic nitrogens is 2. The number of aryl methyl sites for hydroxylation is 2. The number of hydrogen-bond acceptors (Lipinski definition) is 2. The molecular weight excluding hydrogens is 178 g/mol. The van der Waals surface area contributed by atoms with Gasteiger partial charge >= 0.3 is 0 Å². The Morgan fingerprint density at radius 1 is 1.50 bits per heavy atom. The Bertz CT molecular complexity index is 377. The van der Waals surface area contributed by atoms with Crippen molar-refractivity contribution in [3.05, 3.63) is 23.0 Å². The van der Waals surface area contributed by atoms with Crippen molar-refractivity contribution in [3.63, 3.8) is 0 Å². The van der Waals surface area contributed by atoms with Crippen molar-refractivity contribution >= 4 is 12.0 Å². The van der Waals surface area contributed by atoms with Crippen LogP contribution < -0.4 is 5.32 Å². The molecule has 0 spiro atoms. The SMILES string of the molecule is CNC(=O)C=Cc1c(C)nn(C)c1C. The fraction of sp³-hybridized carbons (Fsp3) is 0.400. The molecule has 4 heteroatoms. The zero-order chi connectivity index (χ0) is 10.7. The number of carbonyl (C=O) groups is 1. The van der Waals surface area contributed by atoms with E-state index in [1.165, 1.54) is 6.08 Å². The average Bonchev–Trinajstić information content (AvgIpc) is 2.39. The number of nitrogens with one attached hydrogen (secondary N) is 1. The molecule has 0 atom stereocenters. The van der Waals surface area contributed by atoms with Crippen molar-refractivity contribution < 1.29 is 4.79 Å². The van der Waals surface area contributed by atoms with Crippen LogP contribution in [0.3, 0.4) is 0 Å². The van der Waals surface area contributed by atoms with E-state index in [0.717, 1.165) is 17.0 Å². The second kappa shape index (κ2) is 4.09. The zero-order valence-corrected chi connectivity index (χ0v) is 8.96. The zero-order valence-electron chi connectivity index (χ0n) is 8.96. The summed E-state index contributed by atoms with van der Waals surface area (Å²) in [6, 6.07) is 0. The van der Waals surface area contributed by atoms with Crippen LogP contribution in [0.25, 0.3) is 6.08 Å². The maximum atomic E-state index is 11.0. The topological polar surface area (TPSA) is 46.9 Å². The molecule has 0 aliphatic heterocycles. The van der Waals surface area contributed by atoms with Crippen LogP contribution in [0.1, 0.15) is 17.0 Å². The van der Waals surface area contributed by atoms with E-state index in [4.69, 9.17) is 0 Å². The minimum Gasteiger partial charge on any atom is -0.356 e. The highest BCUT2D eigenvalue weighted by Crippen LogP contribution is 2.13. The van der Waals surface area contributed by atoms with E-state index in [0.29, 0.717) is 0 Å². The average molecular weight is 193 g/mol. The third-order valence-corrected chi connectivity index (χ3v) is 2.21. The van der Waals surface area contributed by atoms with Crippen LogP contribution >= 0.6 is 0 Å². The quantitative estimate of drug-likeness (QED) is 0.706. The maximum Gasteiger partial charge on any atom is 0.243 e. The van der Waals surface area contributed by atoms with Crippen molar-refractivity contribution in [1.82, 2.24) is 15.1 Å². The predicted molar refractivity (Wildman–Crippen MR) is 55.8 cm³/mol. The van der Waals surface area contributed by atoms with Crippen molar-refractivity contribution in [3.8, 4) is 0 Å². The summed E-state index contributed by atoms with van der Waals surface area (Å²) in [5.74, 6) is -0.104. The number of amides is 1. The molecule has 0 aliphatic carbocycles. The highest BCUT2D eigenvalue weighted by Gasteiger charge is 2.05. The van der Waals surface area contributed by atoms with Crippen molar-refractivity contribution in [2.24, 2.45) is 7.05 Å². The van der Waals surface area contributed by atoms with Gasteiger partial charge in [0.2, 0.25) is 5.91 Å². The summed E-state index contributed by atoms with van der Waals surface area (Å²) in [5.41, 5.74) is 3.00. The van der Waals surface area contributed by atoms with Gasteiger partial charge in [0.05, 0.1) is 5.69 Å². The van der Waals surface area contributed by atoms with Crippen LogP contribution in [0.15, 0.2) is 6.08 Å². The lowest BCUT2D eigenvalue weighted by Crippen LogP contribution is -2.13. The van der Waals surface area contributed by atoms with Crippen LogP contribution in [0.2, 0.25) is 0 Å². The van der Waals surface area contributed by atoms with Gasteiger partial charge < -0.3 is 5.32 Å². The third-order valence-electron chi connectivity index (χ3n) is 2.21. The van der Waals surface area contributed by atoms with Gasteiger partial charge in [-0.05, 0) is 19.9 Å². The van der Waals surface area contributed by atoms with Crippen molar-refractivity contribution in [1.29, 1.82) is 0 Å². The number of hydrogen-bond donors (Lipinski definition) is 1. The summed E-state index contributed by atoms with van der Waals surface area (Å²) in [7, 11) is 3.50. The number of nitrogens with zero attached hydrogens (tertiary/aromatic N) is 2. The summed E-state index contributed by atoms with van der Waals surface area (Å²) in [6.45, 7) is 3.90. The molecule has 1 aromatic heterocycles. The first-order valence-corrected chi connectivity index (χ1v) is 4.46. The van der Waals surface area contributed by atoms with Gasteiger partial charge in [0.15, 0.2) is 0 Å². The smallest absolute Gasteiger partial charge is 0.243 e. The van der Waals surface area contributed by atoms with Crippen LogP contribution in [0, 0.1) is 13.8 Å². The normalized spacial score (nSPS) is 10.9. The molecule has 14 heavy (non-hydrogen) atoms. The molecule has 1 rings (SSSR count). The van der Waals surface area contributed by atoms with Gasteiger partial charge in [-0.2, -0.15) is 5.10 Å².